The predicted octanol–water partition coefficient (Wildman–Crippen LogP) is 1.76. The minimum atomic E-state index is -3.63. The third-order valence-electron chi connectivity index (χ3n) is 4.32. The Morgan fingerprint density at radius 2 is 1.88 bits per heavy atom. The number of carbonyl (C=O) groups excluding carboxylic acids is 1. The zero-order valence-corrected chi connectivity index (χ0v) is 13.7. The highest BCUT2D eigenvalue weighted by molar-refractivity contribution is 7.89. The van der Waals surface area contributed by atoms with Crippen LogP contribution in [-0.4, -0.2) is 31.8 Å². The van der Waals surface area contributed by atoms with Crippen LogP contribution < -0.4 is 10.1 Å². The van der Waals surface area contributed by atoms with Gasteiger partial charge >= 0.3 is 0 Å². The molecule has 1 amide bonds. The summed E-state index contributed by atoms with van der Waals surface area (Å²) in [4.78, 5) is 11.6. The Bertz CT molecular complexity index is 924. The molecule has 2 aromatic rings. The summed E-state index contributed by atoms with van der Waals surface area (Å²) < 4.78 is 32.6. The number of fused-ring (bicyclic) bond motifs is 2. The van der Waals surface area contributed by atoms with Crippen molar-refractivity contribution >= 4 is 21.6 Å². The van der Waals surface area contributed by atoms with E-state index in [1.165, 1.54) is 22.0 Å². The molecule has 0 saturated heterocycles. The van der Waals surface area contributed by atoms with Crippen LogP contribution in [0.1, 0.15) is 11.1 Å². The molecule has 2 aliphatic rings. The van der Waals surface area contributed by atoms with Crippen LogP contribution in [0.3, 0.4) is 0 Å². The second-order valence-electron chi connectivity index (χ2n) is 5.85. The molecule has 4 rings (SSSR count). The summed E-state index contributed by atoms with van der Waals surface area (Å²) >= 11 is 0. The summed E-state index contributed by atoms with van der Waals surface area (Å²) in [5.41, 5.74) is 2.61. The first-order valence-electron chi connectivity index (χ1n) is 7.68. The number of hydrogen-bond acceptors (Lipinski definition) is 4. The number of sulfonamides is 1. The van der Waals surface area contributed by atoms with E-state index in [2.05, 4.69) is 5.32 Å². The van der Waals surface area contributed by atoms with Gasteiger partial charge in [-0.25, -0.2) is 8.42 Å². The number of nitrogens with one attached hydrogen (secondary N) is 1. The molecule has 2 aliphatic heterocycles. The summed E-state index contributed by atoms with van der Waals surface area (Å²) in [6, 6.07) is 12.4. The van der Waals surface area contributed by atoms with Gasteiger partial charge in [-0.1, -0.05) is 24.3 Å². The summed E-state index contributed by atoms with van der Waals surface area (Å²) in [6.07, 6.45) is 0.695. The van der Waals surface area contributed by atoms with Gasteiger partial charge in [0.1, 0.15) is 5.75 Å². The van der Waals surface area contributed by atoms with Crippen molar-refractivity contribution in [3.63, 3.8) is 0 Å². The topological polar surface area (TPSA) is 75.7 Å². The molecule has 124 valence electrons. The molecule has 1 N–H and O–H groups in total. The highest BCUT2D eigenvalue weighted by Crippen LogP contribution is 2.32. The number of nitrogens with zero attached hydrogens (tertiary/aromatic N) is 1. The van der Waals surface area contributed by atoms with Gasteiger partial charge in [0.05, 0.1) is 10.6 Å². The second kappa shape index (κ2) is 5.61. The van der Waals surface area contributed by atoms with Gasteiger partial charge in [-0.05, 0) is 35.7 Å². The minimum absolute atomic E-state index is 0.0536. The van der Waals surface area contributed by atoms with Crippen molar-refractivity contribution < 1.29 is 17.9 Å². The first-order chi connectivity index (χ1) is 11.5. The second-order valence-corrected chi connectivity index (χ2v) is 7.79. The van der Waals surface area contributed by atoms with E-state index >= 15 is 0 Å². The smallest absolute Gasteiger partial charge is 0.262 e. The van der Waals surface area contributed by atoms with E-state index in [1.807, 2.05) is 24.3 Å². The van der Waals surface area contributed by atoms with Crippen molar-refractivity contribution in [2.24, 2.45) is 0 Å². The van der Waals surface area contributed by atoms with Gasteiger partial charge < -0.3 is 10.1 Å². The fraction of sp³-hybridized carbons (Fsp3) is 0.235. The summed E-state index contributed by atoms with van der Waals surface area (Å²) in [6.45, 7) is 0.750. The summed E-state index contributed by atoms with van der Waals surface area (Å²) in [5.74, 6) is 0.196. The average Bonchev–Trinajstić information content (AvgIpc) is 2.60. The van der Waals surface area contributed by atoms with E-state index in [4.69, 9.17) is 4.74 Å². The Kier molecular flexibility index (Phi) is 3.54. The fourth-order valence-corrected chi connectivity index (χ4v) is 4.49. The van der Waals surface area contributed by atoms with Gasteiger partial charge in [0.2, 0.25) is 10.0 Å². The standard InChI is InChI=1S/C17H16N2O4S/c20-17-11-23-16-6-5-14(9-15(16)18-17)24(21,22)19-8-7-12-3-1-2-4-13(12)10-19/h1-6,9H,7-8,10-11H2,(H,18,20). The van der Waals surface area contributed by atoms with Crippen LogP contribution >= 0.6 is 0 Å². The maximum absolute atomic E-state index is 12.9. The maximum atomic E-state index is 12.9. The molecule has 0 atom stereocenters. The first-order valence-corrected chi connectivity index (χ1v) is 9.12. The van der Waals surface area contributed by atoms with Crippen LogP contribution in [0.15, 0.2) is 47.4 Å². The van der Waals surface area contributed by atoms with Crippen molar-refractivity contribution in [2.45, 2.75) is 17.9 Å². The molecule has 6 nitrogen and oxygen atoms in total. The van der Waals surface area contributed by atoms with E-state index < -0.39 is 10.0 Å². The SMILES string of the molecule is O=C1COc2ccc(S(=O)(=O)N3CCc4ccccc4C3)cc2N1. The Morgan fingerprint density at radius 1 is 1.08 bits per heavy atom. The predicted molar refractivity (Wildman–Crippen MR) is 88.3 cm³/mol. The van der Waals surface area contributed by atoms with Crippen molar-refractivity contribution in [1.82, 2.24) is 4.31 Å². The monoisotopic (exact) mass is 344 g/mol. The fourth-order valence-electron chi connectivity index (χ4n) is 3.05. The van der Waals surface area contributed by atoms with Crippen molar-refractivity contribution in [2.75, 3.05) is 18.5 Å². The molecule has 0 aromatic heterocycles. The molecule has 0 aliphatic carbocycles. The number of ether oxygens (including phenoxy) is 1. The Hall–Kier alpha value is -2.38. The largest absolute Gasteiger partial charge is 0.482 e. The summed E-state index contributed by atoms with van der Waals surface area (Å²) in [5, 5.41) is 2.64. The summed E-state index contributed by atoms with van der Waals surface area (Å²) in [7, 11) is -3.63. The molecule has 0 saturated carbocycles. The van der Waals surface area contributed by atoms with Gasteiger partial charge in [0.25, 0.3) is 5.91 Å². The number of benzene rings is 2. The zero-order chi connectivity index (χ0) is 16.7. The van der Waals surface area contributed by atoms with E-state index in [0.717, 1.165) is 5.56 Å². The minimum Gasteiger partial charge on any atom is -0.482 e. The molecular weight excluding hydrogens is 328 g/mol. The Labute approximate surface area is 140 Å². The molecule has 0 spiro atoms. The lowest BCUT2D eigenvalue weighted by molar-refractivity contribution is -0.118. The van der Waals surface area contributed by atoms with E-state index in [1.54, 1.807) is 6.07 Å². The molecule has 7 heteroatoms. The number of anilines is 1. The molecule has 0 radical (unpaired) electrons. The van der Waals surface area contributed by atoms with Crippen LogP contribution in [0, 0.1) is 0 Å². The number of rotatable bonds is 2. The molecule has 2 aromatic carbocycles. The van der Waals surface area contributed by atoms with Gasteiger partial charge in [0.15, 0.2) is 6.61 Å². The quantitative estimate of drug-likeness (QED) is 0.901. The number of hydrogen-bond donors (Lipinski definition) is 1. The molecule has 0 fully saturated rings. The Balaban J connectivity index is 1.66. The van der Waals surface area contributed by atoms with Gasteiger partial charge in [-0.2, -0.15) is 4.31 Å². The van der Waals surface area contributed by atoms with E-state index in [9.17, 15) is 13.2 Å². The Morgan fingerprint density at radius 3 is 2.71 bits per heavy atom. The molecular formula is C17H16N2O4S. The van der Waals surface area contributed by atoms with Crippen molar-refractivity contribution in [3.05, 3.63) is 53.6 Å². The lowest BCUT2D eigenvalue weighted by Gasteiger charge is -2.28. The molecule has 2 heterocycles. The van der Waals surface area contributed by atoms with Crippen molar-refractivity contribution in [3.8, 4) is 5.75 Å². The van der Waals surface area contributed by atoms with Crippen LogP contribution in [0.4, 0.5) is 5.69 Å². The van der Waals surface area contributed by atoms with Gasteiger partial charge in [-0.15, -0.1) is 0 Å². The third kappa shape index (κ3) is 2.55. The lowest BCUT2D eigenvalue weighted by Crippen LogP contribution is -2.36. The molecule has 0 unspecified atom stereocenters. The normalized spacial score (nSPS) is 17.4. The van der Waals surface area contributed by atoms with Crippen LogP contribution in [0.2, 0.25) is 0 Å². The van der Waals surface area contributed by atoms with Crippen LogP contribution in [0.25, 0.3) is 0 Å². The van der Waals surface area contributed by atoms with Gasteiger partial charge in [-0.3, -0.25) is 4.79 Å². The third-order valence-corrected chi connectivity index (χ3v) is 6.16. The first kappa shape index (κ1) is 15.2. The van der Waals surface area contributed by atoms with Crippen molar-refractivity contribution in [1.29, 1.82) is 0 Å². The van der Waals surface area contributed by atoms with E-state index in [0.29, 0.717) is 30.9 Å². The molecule has 24 heavy (non-hydrogen) atoms. The average molecular weight is 344 g/mol. The lowest BCUT2D eigenvalue weighted by atomic mass is 10.0. The van der Waals surface area contributed by atoms with Crippen LogP contribution in [-0.2, 0) is 27.8 Å². The highest BCUT2D eigenvalue weighted by atomic mass is 32.2. The number of carbonyl (C=O) groups is 1. The van der Waals surface area contributed by atoms with E-state index in [-0.39, 0.29) is 17.4 Å². The molecule has 0 bridgehead atoms. The number of amides is 1. The maximum Gasteiger partial charge on any atom is 0.262 e. The van der Waals surface area contributed by atoms with Crippen LogP contribution in [0.5, 0.6) is 5.75 Å². The highest BCUT2D eigenvalue weighted by Gasteiger charge is 2.29. The zero-order valence-electron chi connectivity index (χ0n) is 12.9. The van der Waals surface area contributed by atoms with Gasteiger partial charge in [0, 0.05) is 13.1 Å².